The van der Waals surface area contributed by atoms with E-state index < -0.39 is 0 Å². The van der Waals surface area contributed by atoms with Crippen molar-refractivity contribution < 1.29 is 4.52 Å². The third-order valence-electron chi connectivity index (χ3n) is 6.54. The fourth-order valence-corrected chi connectivity index (χ4v) is 4.21. The molecule has 8 nitrogen and oxygen atoms in total. The van der Waals surface area contributed by atoms with Crippen molar-refractivity contribution in [1.29, 1.82) is 0 Å². The number of anilines is 1. The van der Waals surface area contributed by atoms with Gasteiger partial charge in [-0.1, -0.05) is 43.3 Å². The zero-order valence-corrected chi connectivity index (χ0v) is 20.1. The summed E-state index contributed by atoms with van der Waals surface area (Å²) in [6, 6.07) is 14.3. The second-order valence-corrected chi connectivity index (χ2v) is 9.05. The van der Waals surface area contributed by atoms with E-state index in [-0.39, 0.29) is 17.4 Å². The highest BCUT2D eigenvalue weighted by atomic mass is 16.5. The van der Waals surface area contributed by atoms with Gasteiger partial charge in [0.05, 0.1) is 11.9 Å². The number of nitrogens with zero attached hydrogens (tertiary/aromatic N) is 4. The van der Waals surface area contributed by atoms with Crippen LogP contribution in [-0.4, -0.2) is 25.7 Å². The molecule has 0 aliphatic heterocycles. The van der Waals surface area contributed by atoms with E-state index in [0.29, 0.717) is 28.9 Å². The molecule has 0 spiro atoms. The van der Waals surface area contributed by atoms with Gasteiger partial charge in [-0.05, 0) is 37.3 Å². The second kappa shape index (κ2) is 9.84. The highest BCUT2D eigenvalue weighted by Gasteiger charge is 2.20. The number of pyridine rings is 1. The van der Waals surface area contributed by atoms with E-state index in [2.05, 4.69) is 41.4 Å². The van der Waals surface area contributed by atoms with Crippen LogP contribution in [0.2, 0.25) is 0 Å². The van der Waals surface area contributed by atoms with Crippen molar-refractivity contribution >= 4 is 5.82 Å². The van der Waals surface area contributed by atoms with Crippen molar-refractivity contribution in [2.45, 2.75) is 58.2 Å². The molecule has 4 aromatic rings. The number of benzene rings is 1. The van der Waals surface area contributed by atoms with Gasteiger partial charge in [0.1, 0.15) is 5.69 Å². The van der Waals surface area contributed by atoms with Crippen molar-refractivity contribution in [3.05, 3.63) is 70.8 Å². The van der Waals surface area contributed by atoms with Crippen LogP contribution in [0, 0.1) is 0 Å². The quantitative estimate of drug-likeness (QED) is 0.360. The summed E-state index contributed by atoms with van der Waals surface area (Å²) in [6.07, 6.45) is 7.75. The minimum absolute atomic E-state index is 0.0275. The highest BCUT2D eigenvalue weighted by Crippen LogP contribution is 2.30. The van der Waals surface area contributed by atoms with Crippen molar-refractivity contribution in [2.75, 3.05) is 5.73 Å². The monoisotopic (exact) mass is 470 g/mol. The number of hydrogen-bond acceptors (Lipinski definition) is 7. The van der Waals surface area contributed by atoms with Gasteiger partial charge in [0.25, 0.3) is 5.56 Å². The van der Waals surface area contributed by atoms with Gasteiger partial charge in [0.15, 0.2) is 17.3 Å². The average Bonchev–Trinajstić information content (AvgIpc) is 3.59. The lowest BCUT2D eigenvalue weighted by molar-refractivity contribution is 0.434. The number of nitrogens with one attached hydrogen (secondary N) is 1. The van der Waals surface area contributed by atoms with Crippen LogP contribution in [0.15, 0.2) is 64.2 Å². The number of nitrogen functional groups attached to an aromatic ring is 1. The molecular weight excluding hydrogens is 440 g/mol. The molecule has 0 radical (unpaired) electrons. The summed E-state index contributed by atoms with van der Waals surface area (Å²) >= 11 is 0. The summed E-state index contributed by atoms with van der Waals surface area (Å²) in [4.78, 5) is 21.5. The van der Waals surface area contributed by atoms with Crippen LogP contribution >= 0.6 is 0 Å². The van der Waals surface area contributed by atoms with Crippen LogP contribution in [0.1, 0.15) is 51.1 Å². The minimum Gasteiger partial charge on any atom is -0.382 e. The van der Waals surface area contributed by atoms with Crippen LogP contribution in [0.5, 0.6) is 0 Å². The van der Waals surface area contributed by atoms with Crippen LogP contribution in [0.4, 0.5) is 5.82 Å². The molecule has 5 rings (SSSR count). The summed E-state index contributed by atoms with van der Waals surface area (Å²) < 4.78 is 7.38. The summed E-state index contributed by atoms with van der Waals surface area (Å²) in [5.74, 6) is 0.700. The Balaban J connectivity index is 1.41. The van der Waals surface area contributed by atoms with E-state index in [9.17, 15) is 4.79 Å². The van der Waals surface area contributed by atoms with Crippen LogP contribution in [0.3, 0.4) is 0 Å². The maximum absolute atomic E-state index is 12.4. The molecule has 1 aliphatic carbocycles. The van der Waals surface area contributed by atoms with Crippen molar-refractivity contribution in [3.63, 3.8) is 0 Å². The lowest BCUT2D eigenvalue weighted by Gasteiger charge is -2.17. The van der Waals surface area contributed by atoms with Gasteiger partial charge in [-0.2, -0.15) is 0 Å². The third kappa shape index (κ3) is 5.02. The van der Waals surface area contributed by atoms with Gasteiger partial charge in [-0.25, -0.2) is 9.97 Å². The summed E-state index contributed by atoms with van der Waals surface area (Å²) in [6.45, 7) is 5.03. The van der Waals surface area contributed by atoms with E-state index in [4.69, 9.17) is 15.2 Å². The largest absolute Gasteiger partial charge is 0.382 e. The number of nitrogens with two attached hydrogens (primary N) is 1. The molecule has 0 amide bonds. The summed E-state index contributed by atoms with van der Waals surface area (Å²) in [5, 5.41) is 7.75. The molecule has 180 valence electrons. The first-order chi connectivity index (χ1) is 17.1. The lowest BCUT2D eigenvalue weighted by Crippen LogP contribution is -2.23. The number of rotatable bonds is 9. The lowest BCUT2D eigenvalue weighted by atomic mass is 10.1. The van der Waals surface area contributed by atoms with Gasteiger partial charge in [-0.15, -0.1) is 0 Å². The van der Waals surface area contributed by atoms with Gasteiger partial charge in [-0.3, -0.25) is 4.79 Å². The molecule has 1 aromatic carbocycles. The average molecular weight is 471 g/mol. The van der Waals surface area contributed by atoms with E-state index in [1.165, 1.54) is 18.4 Å². The zero-order chi connectivity index (χ0) is 24.4. The first kappa shape index (κ1) is 23.0. The van der Waals surface area contributed by atoms with E-state index >= 15 is 0 Å². The van der Waals surface area contributed by atoms with E-state index in [0.717, 1.165) is 30.5 Å². The Kier molecular flexibility index (Phi) is 6.46. The van der Waals surface area contributed by atoms with Gasteiger partial charge in [0, 0.05) is 48.1 Å². The normalized spacial score (nSPS) is 13.5. The standard InChI is InChI=1S/C27H30N6O2/c1-3-21(4-2)33-16-19(9-12-25(33)34)23-15-30-27(28)26(31-23)24-13-22(32-35-24)18-7-5-17(6-8-18)14-29-20-10-11-20/h5-9,12-13,15-16,20-21,29H,3-4,10-11,14H2,1-2H3,(H2,28,30). The van der Waals surface area contributed by atoms with E-state index in [1.807, 2.05) is 24.4 Å². The van der Waals surface area contributed by atoms with Gasteiger partial charge in [0.2, 0.25) is 0 Å². The van der Waals surface area contributed by atoms with E-state index in [1.54, 1.807) is 22.9 Å². The Morgan fingerprint density at radius 3 is 2.54 bits per heavy atom. The van der Waals surface area contributed by atoms with Crippen LogP contribution in [-0.2, 0) is 6.54 Å². The molecule has 1 aliphatic rings. The Morgan fingerprint density at radius 2 is 1.83 bits per heavy atom. The molecule has 0 atom stereocenters. The van der Waals surface area contributed by atoms with Gasteiger partial charge < -0.3 is 20.1 Å². The summed E-state index contributed by atoms with van der Waals surface area (Å²) in [5.41, 5.74) is 10.8. The molecule has 3 heterocycles. The smallest absolute Gasteiger partial charge is 0.250 e. The minimum atomic E-state index is -0.0275. The van der Waals surface area contributed by atoms with Crippen molar-refractivity contribution in [3.8, 4) is 34.0 Å². The highest BCUT2D eigenvalue weighted by molar-refractivity contribution is 5.72. The van der Waals surface area contributed by atoms with Crippen molar-refractivity contribution in [2.24, 2.45) is 0 Å². The Bertz CT molecular complexity index is 1370. The summed E-state index contributed by atoms with van der Waals surface area (Å²) in [7, 11) is 0. The topological polar surface area (TPSA) is 112 Å². The van der Waals surface area contributed by atoms with Crippen LogP contribution < -0.4 is 16.6 Å². The fraction of sp³-hybridized carbons (Fsp3) is 0.333. The molecule has 8 heteroatoms. The second-order valence-electron chi connectivity index (χ2n) is 9.05. The fourth-order valence-electron chi connectivity index (χ4n) is 4.21. The Hall–Kier alpha value is -3.78. The SMILES string of the molecule is CCC(CC)n1cc(-c2cnc(N)c(-c3cc(-c4ccc(CNC5CC5)cc4)no3)n2)ccc1=O. The molecule has 35 heavy (non-hydrogen) atoms. The predicted octanol–water partition coefficient (Wildman–Crippen LogP) is 4.82. The molecule has 1 saturated carbocycles. The van der Waals surface area contributed by atoms with Gasteiger partial charge >= 0.3 is 0 Å². The molecule has 0 bridgehead atoms. The molecular formula is C27H30N6O2. The molecule has 3 N–H and O–H groups in total. The number of hydrogen-bond donors (Lipinski definition) is 2. The van der Waals surface area contributed by atoms with Crippen molar-refractivity contribution in [1.82, 2.24) is 25.0 Å². The maximum Gasteiger partial charge on any atom is 0.250 e. The first-order valence-electron chi connectivity index (χ1n) is 12.2. The molecule has 0 unspecified atom stereocenters. The number of aromatic nitrogens is 4. The van der Waals surface area contributed by atoms with Crippen LogP contribution in [0.25, 0.3) is 34.0 Å². The molecule has 1 fully saturated rings. The Labute approximate surface area is 204 Å². The third-order valence-corrected chi connectivity index (χ3v) is 6.54. The molecule has 3 aromatic heterocycles. The molecule has 0 saturated heterocycles. The Morgan fingerprint density at radius 1 is 1.09 bits per heavy atom. The zero-order valence-electron chi connectivity index (χ0n) is 20.1. The first-order valence-corrected chi connectivity index (χ1v) is 12.2. The predicted molar refractivity (Wildman–Crippen MR) is 137 cm³/mol. The maximum atomic E-state index is 12.4.